The topological polar surface area (TPSA) is 64.7 Å². The lowest BCUT2D eigenvalue weighted by Crippen LogP contribution is -2.37. The van der Waals surface area contributed by atoms with E-state index in [0.717, 1.165) is 17.7 Å². The van der Waals surface area contributed by atoms with Crippen molar-refractivity contribution in [1.82, 2.24) is 0 Å². The highest BCUT2D eigenvalue weighted by molar-refractivity contribution is 5.44. The average Bonchev–Trinajstić information content (AvgIpc) is 2.24. The quantitative estimate of drug-likeness (QED) is 0.862. The van der Waals surface area contributed by atoms with Crippen molar-refractivity contribution < 1.29 is 14.6 Å². The molecule has 1 aliphatic rings. The first-order chi connectivity index (χ1) is 8.37. The van der Waals surface area contributed by atoms with Crippen molar-refractivity contribution in [3.05, 3.63) is 23.8 Å². The van der Waals surface area contributed by atoms with E-state index in [4.69, 9.17) is 15.2 Å². The Balaban J connectivity index is 2.20. The van der Waals surface area contributed by atoms with Crippen LogP contribution < -0.4 is 15.2 Å². The molecule has 2 rings (SSSR count). The maximum atomic E-state index is 9.20. The molecule has 3 N–H and O–H groups in total. The summed E-state index contributed by atoms with van der Waals surface area (Å²) in [5.41, 5.74) is 6.89. The van der Waals surface area contributed by atoms with Crippen molar-refractivity contribution in [3.8, 4) is 11.5 Å². The third kappa shape index (κ3) is 2.94. The maximum Gasteiger partial charge on any atom is 0.128 e. The van der Waals surface area contributed by atoms with E-state index in [1.54, 1.807) is 6.92 Å². The van der Waals surface area contributed by atoms with Crippen molar-refractivity contribution in [3.63, 3.8) is 0 Å². The maximum absolute atomic E-state index is 9.20. The molecule has 1 aromatic carbocycles. The molecule has 2 atom stereocenters. The molecule has 4 nitrogen and oxygen atoms in total. The molecule has 1 heterocycles. The fraction of sp³-hybridized carbons (Fsp3) is 0.571. The largest absolute Gasteiger partial charge is 0.491 e. The summed E-state index contributed by atoms with van der Waals surface area (Å²) in [6, 6.07) is 5.64. The van der Waals surface area contributed by atoms with Crippen molar-refractivity contribution in [2.24, 2.45) is 5.73 Å². The van der Waals surface area contributed by atoms with Gasteiger partial charge in [0.15, 0.2) is 0 Å². The molecule has 0 bridgehead atoms. The molecule has 0 saturated heterocycles. The number of hydrogen-bond donors (Lipinski definition) is 2. The van der Waals surface area contributed by atoms with E-state index >= 15 is 0 Å². The number of aliphatic hydroxyl groups excluding tert-OH is 1. The minimum Gasteiger partial charge on any atom is -0.491 e. The molecular weight excluding hydrogens is 230 g/mol. The second-order valence-electron chi connectivity index (χ2n) is 5.53. The van der Waals surface area contributed by atoms with E-state index < -0.39 is 6.10 Å². The van der Waals surface area contributed by atoms with E-state index in [-0.39, 0.29) is 18.2 Å². The van der Waals surface area contributed by atoms with Crippen LogP contribution in [0.1, 0.15) is 38.8 Å². The lowest BCUT2D eigenvalue weighted by atomic mass is 9.90. The van der Waals surface area contributed by atoms with Crippen LogP contribution in [-0.4, -0.2) is 23.4 Å². The van der Waals surface area contributed by atoms with Crippen LogP contribution in [0.5, 0.6) is 11.5 Å². The van der Waals surface area contributed by atoms with Crippen LogP contribution in [0, 0.1) is 0 Å². The Morgan fingerprint density at radius 2 is 2.28 bits per heavy atom. The van der Waals surface area contributed by atoms with Gasteiger partial charge in [0.1, 0.15) is 23.7 Å². The van der Waals surface area contributed by atoms with E-state index in [9.17, 15) is 5.11 Å². The smallest absolute Gasteiger partial charge is 0.128 e. The minimum atomic E-state index is -0.486. The molecule has 0 radical (unpaired) electrons. The summed E-state index contributed by atoms with van der Waals surface area (Å²) in [5, 5.41) is 9.20. The molecule has 0 amide bonds. The number of nitrogens with two attached hydrogens (primary N) is 1. The molecular formula is C14H21NO3. The molecule has 0 aliphatic carbocycles. The Bertz CT molecular complexity index is 429. The van der Waals surface area contributed by atoms with Gasteiger partial charge in [-0.2, -0.15) is 0 Å². The van der Waals surface area contributed by atoms with Gasteiger partial charge >= 0.3 is 0 Å². The van der Waals surface area contributed by atoms with Crippen molar-refractivity contribution in [2.75, 3.05) is 6.61 Å². The Morgan fingerprint density at radius 3 is 2.94 bits per heavy atom. The van der Waals surface area contributed by atoms with E-state index in [2.05, 4.69) is 0 Å². The minimum absolute atomic E-state index is 0.00503. The molecule has 0 saturated carbocycles. The Labute approximate surface area is 108 Å². The zero-order valence-electron chi connectivity index (χ0n) is 11.1. The van der Waals surface area contributed by atoms with Gasteiger partial charge < -0.3 is 20.3 Å². The Hall–Kier alpha value is -1.26. The number of hydrogen-bond acceptors (Lipinski definition) is 4. The number of rotatable bonds is 3. The zero-order valence-corrected chi connectivity index (χ0v) is 11.1. The van der Waals surface area contributed by atoms with Gasteiger partial charge in [-0.1, -0.05) is 6.07 Å². The van der Waals surface area contributed by atoms with Crippen molar-refractivity contribution >= 4 is 0 Å². The number of fused-ring (bicyclic) bond motifs is 1. The normalized spacial score (nSPS) is 22.8. The third-order valence-electron chi connectivity index (χ3n) is 2.97. The summed E-state index contributed by atoms with van der Waals surface area (Å²) in [5.74, 6) is 1.47. The van der Waals surface area contributed by atoms with Crippen LogP contribution in [0.3, 0.4) is 0 Å². The highest BCUT2D eigenvalue weighted by Crippen LogP contribution is 2.39. The standard InChI is InChI=1S/C14H21NO3/c1-9(16)8-17-10-4-5-11-12(15)7-14(2,3)18-13(11)6-10/h4-6,9,12,16H,7-8,15H2,1-3H3. The van der Waals surface area contributed by atoms with E-state index in [1.165, 1.54) is 0 Å². The van der Waals surface area contributed by atoms with Crippen molar-refractivity contribution in [2.45, 2.75) is 44.9 Å². The fourth-order valence-electron chi connectivity index (χ4n) is 2.19. The molecule has 1 aromatic rings. The fourth-order valence-corrected chi connectivity index (χ4v) is 2.19. The highest BCUT2D eigenvalue weighted by Gasteiger charge is 2.31. The van der Waals surface area contributed by atoms with Gasteiger partial charge in [-0.05, 0) is 26.8 Å². The molecule has 0 aromatic heterocycles. The summed E-state index contributed by atoms with van der Waals surface area (Å²) >= 11 is 0. The summed E-state index contributed by atoms with van der Waals surface area (Å²) in [6.45, 7) is 6.01. The predicted octanol–water partition coefficient (Wildman–Crippen LogP) is 2.01. The first kappa shape index (κ1) is 13.2. The summed E-state index contributed by atoms with van der Waals surface area (Å²) < 4.78 is 11.4. The lowest BCUT2D eigenvalue weighted by Gasteiger charge is -2.36. The summed E-state index contributed by atoms with van der Waals surface area (Å²) in [7, 11) is 0. The monoisotopic (exact) mass is 251 g/mol. The molecule has 4 heteroatoms. The lowest BCUT2D eigenvalue weighted by molar-refractivity contribution is 0.0718. The molecule has 2 unspecified atom stereocenters. The average molecular weight is 251 g/mol. The van der Waals surface area contributed by atoms with Gasteiger partial charge in [-0.25, -0.2) is 0 Å². The first-order valence-electron chi connectivity index (χ1n) is 6.27. The zero-order chi connectivity index (χ0) is 13.3. The number of benzene rings is 1. The Kier molecular flexibility index (Phi) is 3.50. The van der Waals surface area contributed by atoms with Gasteiger partial charge in [0.25, 0.3) is 0 Å². The van der Waals surface area contributed by atoms with Gasteiger partial charge in [-0.15, -0.1) is 0 Å². The molecule has 18 heavy (non-hydrogen) atoms. The molecule has 1 aliphatic heterocycles. The second-order valence-corrected chi connectivity index (χ2v) is 5.53. The second kappa shape index (κ2) is 4.78. The Morgan fingerprint density at radius 1 is 1.56 bits per heavy atom. The van der Waals surface area contributed by atoms with Crippen LogP contribution in [-0.2, 0) is 0 Å². The van der Waals surface area contributed by atoms with Crippen LogP contribution in [0.4, 0.5) is 0 Å². The molecule has 100 valence electrons. The van der Waals surface area contributed by atoms with Gasteiger partial charge in [0.05, 0.1) is 6.10 Å². The van der Waals surface area contributed by atoms with Gasteiger partial charge in [0, 0.05) is 24.1 Å². The predicted molar refractivity (Wildman–Crippen MR) is 69.9 cm³/mol. The van der Waals surface area contributed by atoms with Crippen molar-refractivity contribution in [1.29, 1.82) is 0 Å². The van der Waals surface area contributed by atoms with Gasteiger partial charge in [0.2, 0.25) is 0 Å². The highest BCUT2D eigenvalue weighted by atomic mass is 16.5. The van der Waals surface area contributed by atoms with E-state index in [0.29, 0.717) is 5.75 Å². The van der Waals surface area contributed by atoms with E-state index in [1.807, 2.05) is 32.0 Å². The molecule has 0 fully saturated rings. The third-order valence-corrected chi connectivity index (χ3v) is 2.97. The van der Waals surface area contributed by atoms with Crippen LogP contribution in [0.15, 0.2) is 18.2 Å². The first-order valence-corrected chi connectivity index (χ1v) is 6.27. The van der Waals surface area contributed by atoms with Gasteiger partial charge in [-0.3, -0.25) is 0 Å². The number of aliphatic hydroxyl groups is 1. The molecule has 0 spiro atoms. The van der Waals surface area contributed by atoms with Crippen LogP contribution in [0.25, 0.3) is 0 Å². The van der Waals surface area contributed by atoms with Crippen LogP contribution >= 0.6 is 0 Å². The SMILES string of the molecule is CC(O)COc1ccc2c(c1)OC(C)(C)CC2N. The number of ether oxygens (including phenoxy) is 2. The van der Waals surface area contributed by atoms with Crippen LogP contribution in [0.2, 0.25) is 0 Å². The summed E-state index contributed by atoms with van der Waals surface area (Å²) in [4.78, 5) is 0. The summed E-state index contributed by atoms with van der Waals surface area (Å²) in [6.07, 6.45) is 0.314.